The highest BCUT2D eigenvalue weighted by Gasteiger charge is 2.22. The summed E-state index contributed by atoms with van der Waals surface area (Å²) in [5.74, 6) is -4.50. The Kier molecular flexibility index (Phi) is 4.41. The molecule has 1 unspecified atom stereocenters. The lowest BCUT2D eigenvalue weighted by Crippen LogP contribution is -2.05. The summed E-state index contributed by atoms with van der Waals surface area (Å²) < 4.78 is 26.5. The first-order valence-electron chi connectivity index (χ1n) is 4.72. The van der Waals surface area contributed by atoms with E-state index in [4.69, 9.17) is 22.0 Å². The van der Waals surface area contributed by atoms with Crippen molar-refractivity contribution in [1.29, 1.82) is 5.26 Å². The van der Waals surface area contributed by atoms with Gasteiger partial charge in [-0.2, -0.15) is 5.26 Å². The molecule has 0 aliphatic heterocycles. The Morgan fingerprint density at radius 1 is 1.53 bits per heavy atom. The number of carboxylic acids is 1. The molecule has 0 radical (unpaired) electrons. The third kappa shape index (κ3) is 3.14. The molecular formula is C11H8ClF2NO2. The number of benzene rings is 1. The van der Waals surface area contributed by atoms with Gasteiger partial charge in [-0.3, -0.25) is 4.79 Å². The van der Waals surface area contributed by atoms with E-state index in [2.05, 4.69) is 0 Å². The molecule has 1 aromatic carbocycles. The Bertz CT molecular complexity index is 485. The lowest BCUT2D eigenvalue weighted by Gasteiger charge is -2.11. The number of aliphatic carboxylic acids is 1. The van der Waals surface area contributed by atoms with Gasteiger partial charge in [-0.25, -0.2) is 8.78 Å². The number of rotatable bonds is 4. The number of hydrogen-bond acceptors (Lipinski definition) is 2. The monoisotopic (exact) mass is 259 g/mol. The average Bonchev–Trinajstić information content (AvgIpc) is 2.28. The number of halogens is 3. The van der Waals surface area contributed by atoms with E-state index < -0.39 is 23.5 Å². The second kappa shape index (κ2) is 5.60. The van der Waals surface area contributed by atoms with Crippen LogP contribution in [0.15, 0.2) is 12.1 Å². The summed E-state index contributed by atoms with van der Waals surface area (Å²) in [6.45, 7) is 0. The van der Waals surface area contributed by atoms with Crippen LogP contribution in [0.1, 0.15) is 24.3 Å². The zero-order valence-corrected chi connectivity index (χ0v) is 9.34. The molecule has 0 aliphatic rings. The first-order chi connectivity index (χ1) is 7.97. The Balaban J connectivity index is 3.08. The lowest BCUT2D eigenvalue weighted by atomic mass is 9.95. The van der Waals surface area contributed by atoms with Crippen molar-refractivity contribution >= 4 is 17.6 Å². The molecule has 1 rings (SSSR count). The zero-order chi connectivity index (χ0) is 13.0. The van der Waals surface area contributed by atoms with Crippen LogP contribution >= 0.6 is 11.6 Å². The molecule has 90 valence electrons. The van der Waals surface area contributed by atoms with Crippen molar-refractivity contribution in [2.45, 2.75) is 18.8 Å². The van der Waals surface area contributed by atoms with E-state index in [-0.39, 0.29) is 23.4 Å². The molecular weight excluding hydrogens is 252 g/mol. The van der Waals surface area contributed by atoms with Crippen LogP contribution in [-0.4, -0.2) is 11.1 Å². The summed E-state index contributed by atoms with van der Waals surface area (Å²) in [5.41, 5.74) is -0.282. The molecule has 0 saturated carbocycles. The van der Waals surface area contributed by atoms with Crippen LogP contribution in [0.25, 0.3) is 0 Å². The predicted octanol–water partition coefficient (Wildman–Crippen LogP) is 3.09. The maximum atomic E-state index is 13.5. The van der Waals surface area contributed by atoms with Crippen LogP contribution in [0.5, 0.6) is 0 Å². The van der Waals surface area contributed by atoms with Crippen molar-refractivity contribution in [1.82, 2.24) is 0 Å². The molecule has 0 aromatic heterocycles. The van der Waals surface area contributed by atoms with Gasteiger partial charge in [0.15, 0.2) is 11.6 Å². The van der Waals surface area contributed by atoms with Crippen LogP contribution in [0.2, 0.25) is 5.02 Å². The maximum Gasteiger partial charge on any atom is 0.303 e. The van der Waals surface area contributed by atoms with Crippen LogP contribution in [0, 0.1) is 23.0 Å². The Labute approximate surface area is 101 Å². The highest BCUT2D eigenvalue weighted by Crippen LogP contribution is 2.31. The van der Waals surface area contributed by atoms with Gasteiger partial charge in [0.05, 0.1) is 12.0 Å². The minimum atomic E-state index is -1.20. The van der Waals surface area contributed by atoms with Crippen molar-refractivity contribution in [2.75, 3.05) is 0 Å². The molecule has 6 heteroatoms. The molecule has 0 aliphatic carbocycles. The van der Waals surface area contributed by atoms with E-state index in [1.165, 1.54) is 0 Å². The zero-order valence-electron chi connectivity index (χ0n) is 8.58. The average molecular weight is 260 g/mol. The normalized spacial score (nSPS) is 11.9. The summed E-state index contributed by atoms with van der Waals surface area (Å²) in [4.78, 5) is 10.4. The van der Waals surface area contributed by atoms with Crippen LogP contribution < -0.4 is 0 Å². The molecule has 0 spiro atoms. The highest BCUT2D eigenvalue weighted by atomic mass is 35.5. The van der Waals surface area contributed by atoms with Crippen molar-refractivity contribution in [3.8, 4) is 6.07 Å². The number of nitrogens with zero attached hydrogens (tertiary/aromatic N) is 1. The fraction of sp³-hybridized carbons (Fsp3) is 0.273. The fourth-order valence-electron chi connectivity index (χ4n) is 1.40. The van der Waals surface area contributed by atoms with Gasteiger partial charge >= 0.3 is 5.97 Å². The van der Waals surface area contributed by atoms with Gasteiger partial charge in [0.1, 0.15) is 0 Å². The first-order valence-corrected chi connectivity index (χ1v) is 5.10. The molecule has 0 fully saturated rings. The predicted molar refractivity (Wildman–Crippen MR) is 56.6 cm³/mol. The number of hydrogen-bond donors (Lipinski definition) is 1. The van der Waals surface area contributed by atoms with Gasteiger partial charge in [0, 0.05) is 17.0 Å². The summed E-state index contributed by atoms with van der Waals surface area (Å²) >= 11 is 5.69. The van der Waals surface area contributed by atoms with Gasteiger partial charge in [0.25, 0.3) is 0 Å². The third-order valence-corrected chi connectivity index (χ3v) is 2.56. The largest absolute Gasteiger partial charge is 0.481 e. The molecule has 0 heterocycles. The molecule has 0 amide bonds. The van der Waals surface area contributed by atoms with Crippen molar-refractivity contribution in [3.05, 3.63) is 34.4 Å². The molecule has 0 bridgehead atoms. The Morgan fingerprint density at radius 3 is 2.71 bits per heavy atom. The molecule has 3 nitrogen and oxygen atoms in total. The SMILES string of the molecule is N#CC(CCC(=O)O)c1c(Cl)ccc(F)c1F. The van der Waals surface area contributed by atoms with E-state index in [0.717, 1.165) is 12.1 Å². The van der Waals surface area contributed by atoms with Crippen LogP contribution in [0.4, 0.5) is 8.78 Å². The molecule has 1 N–H and O–H groups in total. The quantitative estimate of drug-likeness (QED) is 0.845. The van der Waals surface area contributed by atoms with E-state index in [9.17, 15) is 13.6 Å². The minimum absolute atomic E-state index is 0.0826. The number of carbonyl (C=O) groups is 1. The highest BCUT2D eigenvalue weighted by molar-refractivity contribution is 6.31. The number of nitriles is 1. The van der Waals surface area contributed by atoms with Gasteiger partial charge < -0.3 is 5.11 Å². The van der Waals surface area contributed by atoms with Gasteiger partial charge in [-0.15, -0.1) is 0 Å². The summed E-state index contributed by atoms with van der Waals surface area (Å²) in [7, 11) is 0. The first kappa shape index (κ1) is 13.4. The fourth-order valence-corrected chi connectivity index (χ4v) is 1.68. The Morgan fingerprint density at radius 2 is 2.18 bits per heavy atom. The van der Waals surface area contributed by atoms with Crippen molar-refractivity contribution in [2.24, 2.45) is 0 Å². The lowest BCUT2D eigenvalue weighted by molar-refractivity contribution is -0.137. The molecule has 1 aromatic rings. The van der Waals surface area contributed by atoms with Gasteiger partial charge in [-0.05, 0) is 18.6 Å². The third-order valence-electron chi connectivity index (χ3n) is 2.23. The van der Waals surface area contributed by atoms with Gasteiger partial charge in [-0.1, -0.05) is 11.6 Å². The molecule has 1 atom stereocenters. The van der Waals surface area contributed by atoms with Gasteiger partial charge in [0.2, 0.25) is 0 Å². The molecule has 0 saturated heterocycles. The van der Waals surface area contributed by atoms with Crippen LogP contribution in [-0.2, 0) is 4.79 Å². The summed E-state index contributed by atoms with van der Waals surface area (Å²) in [5, 5.41) is 17.2. The standard InChI is InChI=1S/C11H8ClF2NO2/c12-7-2-3-8(13)11(14)10(7)6(5-15)1-4-9(16)17/h2-3,6H,1,4H2,(H,16,17). The second-order valence-corrected chi connectivity index (χ2v) is 3.78. The maximum absolute atomic E-state index is 13.5. The van der Waals surface area contributed by atoms with E-state index in [1.807, 2.05) is 0 Å². The summed E-state index contributed by atoms with van der Waals surface area (Å²) in [6, 6.07) is 3.72. The topological polar surface area (TPSA) is 61.1 Å². The Hall–Kier alpha value is -1.67. The minimum Gasteiger partial charge on any atom is -0.481 e. The second-order valence-electron chi connectivity index (χ2n) is 3.37. The summed E-state index contributed by atoms with van der Waals surface area (Å²) in [6.07, 6.45) is -0.434. The van der Waals surface area contributed by atoms with E-state index in [1.54, 1.807) is 6.07 Å². The smallest absolute Gasteiger partial charge is 0.303 e. The van der Waals surface area contributed by atoms with Crippen LogP contribution in [0.3, 0.4) is 0 Å². The molecule has 17 heavy (non-hydrogen) atoms. The van der Waals surface area contributed by atoms with E-state index >= 15 is 0 Å². The van der Waals surface area contributed by atoms with E-state index in [0.29, 0.717) is 0 Å². The number of carboxylic acid groups (broad SMARTS) is 1. The van der Waals surface area contributed by atoms with Crippen molar-refractivity contribution in [3.63, 3.8) is 0 Å². The van der Waals surface area contributed by atoms with Crippen molar-refractivity contribution < 1.29 is 18.7 Å².